The highest BCUT2D eigenvalue weighted by Crippen LogP contribution is 2.32. The summed E-state index contributed by atoms with van der Waals surface area (Å²) in [6.45, 7) is 5.53. The van der Waals surface area contributed by atoms with E-state index in [1.54, 1.807) is 19.1 Å². The molecule has 0 bridgehead atoms. The van der Waals surface area contributed by atoms with Gasteiger partial charge in [0.25, 0.3) is 5.69 Å². The van der Waals surface area contributed by atoms with E-state index >= 15 is 0 Å². The molecule has 1 aromatic rings. The number of ether oxygens (including phenoxy) is 2. The fraction of sp³-hybridized carbons (Fsp3) is 0.444. The van der Waals surface area contributed by atoms with Crippen LogP contribution in [0.5, 0.6) is 0 Å². The maximum atomic E-state index is 12.5. The van der Waals surface area contributed by atoms with Gasteiger partial charge in [0.1, 0.15) is 0 Å². The molecule has 2 rings (SSSR count). The van der Waals surface area contributed by atoms with E-state index in [1.165, 1.54) is 19.2 Å². The number of methoxy groups -OCH3 is 1. The molecular formula is C18H23N3O5S. The van der Waals surface area contributed by atoms with E-state index in [2.05, 4.69) is 5.32 Å². The molecule has 146 valence electrons. The maximum Gasteiger partial charge on any atom is 0.337 e. The topological polar surface area (TPSA) is 93.9 Å². The van der Waals surface area contributed by atoms with Crippen LogP contribution in [0.25, 0.3) is 0 Å². The van der Waals surface area contributed by atoms with E-state index < -0.39 is 16.9 Å². The number of thiocarbonyl (C=S) groups is 1. The number of nitrogens with one attached hydrogen (secondary N) is 1. The van der Waals surface area contributed by atoms with Gasteiger partial charge < -0.3 is 19.7 Å². The number of hydrogen-bond acceptors (Lipinski definition) is 6. The average molecular weight is 393 g/mol. The highest BCUT2D eigenvalue weighted by atomic mass is 32.1. The molecule has 0 amide bonds. The first-order valence-corrected chi connectivity index (χ1v) is 9.00. The van der Waals surface area contributed by atoms with E-state index in [1.807, 2.05) is 11.8 Å². The van der Waals surface area contributed by atoms with Crippen molar-refractivity contribution in [3.05, 3.63) is 51.2 Å². The number of carbonyl (C=O) groups excluding carboxylic acids is 1. The van der Waals surface area contributed by atoms with Crippen LogP contribution in [0.3, 0.4) is 0 Å². The Kier molecular flexibility index (Phi) is 7.26. The van der Waals surface area contributed by atoms with Crippen molar-refractivity contribution < 1.29 is 19.2 Å². The molecule has 8 nitrogen and oxygen atoms in total. The molecule has 0 saturated heterocycles. The number of rotatable bonds is 8. The monoisotopic (exact) mass is 393 g/mol. The molecule has 0 spiro atoms. The van der Waals surface area contributed by atoms with Crippen LogP contribution in [-0.2, 0) is 14.3 Å². The van der Waals surface area contributed by atoms with Crippen LogP contribution in [0.2, 0.25) is 0 Å². The minimum absolute atomic E-state index is 0.0544. The molecule has 27 heavy (non-hydrogen) atoms. The van der Waals surface area contributed by atoms with Gasteiger partial charge in [0.15, 0.2) is 5.11 Å². The summed E-state index contributed by atoms with van der Waals surface area (Å²) in [4.78, 5) is 24.9. The van der Waals surface area contributed by atoms with Crippen LogP contribution < -0.4 is 5.32 Å². The highest BCUT2D eigenvalue weighted by molar-refractivity contribution is 7.80. The Morgan fingerprint density at radius 1 is 1.44 bits per heavy atom. The van der Waals surface area contributed by atoms with Gasteiger partial charge in [0.2, 0.25) is 0 Å². The molecule has 1 atom stereocenters. The van der Waals surface area contributed by atoms with Crippen molar-refractivity contribution >= 4 is 29.0 Å². The van der Waals surface area contributed by atoms with Gasteiger partial charge >= 0.3 is 5.97 Å². The Labute approximate surface area is 163 Å². The van der Waals surface area contributed by atoms with Crippen LogP contribution >= 0.6 is 12.2 Å². The zero-order valence-corrected chi connectivity index (χ0v) is 16.4. The molecule has 0 saturated carbocycles. The molecule has 9 heteroatoms. The van der Waals surface area contributed by atoms with E-state index in [9.17, 15) is 14.9 Å². The summed E-state index contributed by atoms with van der Waals surface area (Å²) in [5, 5.41) is 14.7. The fourth-order valence-corrected chi connectivity index (χ4v) is 3.31. The lowest BCUT2D eigenvalue weighted by atomic mass is 9.94. The Balaban J connectivity index is 2.39. The number of nitro benzene ring substituents is 1. The highest BCUT2D eigenvalue weighted by Gasteiger charge is 2.34. The van der Waals surface area contributed by atoms with Crippen LogP contribution in [0.4, 0.5) is 5.69 Å². The second-order valence-electron chi connectivity index (χ2n) is 5.93. The standard InChI is InChI=1S/C18H23N3O5S/c1-4-26-10-6-9-20-12(2)15(17(22)25-3)16(19-18(20)27)13-7-5-8-14(11-13)21(23)24/h5,7-8,11,16H,4,6,9-10H2,1-3H3,(H,19,27)/t16-/m1/s1. The van der Waals surface area contributed by atoms with Gasteiger partial charge in [-0.25, -0.2) is 4.79 Å². The number of benzene rings is 1. The van der Waals surface area contributed by atoms with Crippen molar-refractivity contribution in [2.24, 2.45) is 0 Å². The zero-order chi connectivity index (χ0) is 20.0. The molecule has 0 fully saturated rings. The predicted octanol–water partition coefficient (Wildman–Crippen LogP) is 2.70. The molecule has 1 aliphatic rings. The van der Waals surface area contributed by atoms with Crippen LogP contribution in [0, 0.1) is 10.1 Å². The van der Waals surface area contributed by atoms with Gasteiger partial charge in [-0.05, 0) is 38.0 Å². The molecule has 0 aromatic heterocycles. The van der Waals surface area contributed by atoms with E-state index in [0.29, 0.717) is 41.7 Å². The third kappa shape index (κ3) is 4.81. The lowest BCUT2D eigenvalue weighted by molar-refractivity contribution is -0.384. The summed E-state index contributed by atoms with van der Waals surface area (Å²) < 4.78 is 10.3. The summed E-state index contributed by atoms with van der Waals surface area (Å²) in [6, 6.07) is 5.51. The smallest absolute Gasteiger partial charge is 0.337 e. The van der Waals surface area contributed by atoms with Crippen molar-refractivity contribution in [3.8, 4) is 0 Å². The number of hydrogen-bond donors (Lipinski definition) is 1. The number of allylic oxidation sites excluding steroid dienone is 1. The van der Waals surface area contributed by atoms with Crippen LogP contribution in [0.15, 0.2) is 35.5 Å². The van der Waals surface area contributed by atoms with Crippen molar-refractivity contribution in [2.75, 3.05) is 26.9 Å². The number of esters is 1. The molecule has 1 aromatic carbocycles. The van der Waals surface area contributed by atoms with Crippen molar-refractivity contribution in [3.63, 3.8) is 0 Å². The third-order valence-electron chi connectivity index (χ3n) is 4.29. The number of carbonyl (C=O) groups is 1. The molecule has 0 aliphatic carbocycles. The van der Waals surface area contributed by atoms with Crippen molar-refractivity contribution in [2.45, 2.75) is 26.3 Å². The summed E-state index contributed by atoms with van der Waals surface area (Å²) in [7, 11) is 1.31. The Hall–Kier alpha value is -2.52. The lowest BCUT2D eigenvalue weighted by Crippen LogP contribution is -2.48. The number of nitrogens with zero attached hydrogens (tertiary/aromatic N) is 2. The lowest BCUT2D eigenvalue weighted by Gasteiger charge is -2.37. The van der Waals surface area contributed by atoms with Gasteiger partial charge in [-0.2, -0.15) is 0 Å². The molecule has 1 aliphatic heterocycles. The van der Waals surface area contributed by atoms with Gasteiger partial charge in [-0.3, -0.25) is 10.1 Å². The van der Waals surface area contributed by atoms with E-state index in [-0.39, 0.29) is 5.69 Å². The molecule has 1 heterocycles. The Morgan fingerprint density at radius 3 is 2.81 bits per heavy atom. The fourth-order valence-electron chi connectivity index (χ4n) is 2.96. The predicted molar refractivity (Wildman–Crippen MR) is 104 cm³/mol. The first-order valence-electron chi connectivity index (χ1n) is 8.59. The number of nitro groups is 1. The first-order chi connectivity index (χ1) is 12.9. The largest absolute Gasteiger partial charge is 0.466 e. The summed E-state index contributed by atoms with van der Waals surface area (Å²) >= 11 is 5.47. The van der Waals surface area contributed by atoms with Gasteiger partial charge in [0, 0.05) is 37.6 Å². The third-order valence-corrected chi connectivity index (χ3v) is 4.63. The SMILES string of the molecule is CCOCCCN1C(=S)N[C@H](c2cccc([N+](=O)[O-])c2)C(C(=O)OC)=C1C. The average Bonchev–Trinajstić information content (AvgIpc) is 2.66. The minimum atomic E-state index is -0.618. The number of non-ortho nitro benzene ring substituents is 1. The summed E-state index contributed by atoms with van der Waals surface area (Å²) in [5.41, 5.74) is 1.56. The molecular weight excluding hydrogens is 370 g/mol. The Morgan fingerprint density at radius 2 is 2.19 bits per heavy atom. The second-order valence-corrected chi connectivity index (χ2v) is 6.31. The van der Waals surface area contributed by atoms with Gasteiger partial charge in [-0.15, -0.1) is 0 Å². The zero-order valence-electron chi connectivity index (χ0n) is 15.6. The first kappa shape index (κ1) is 20.8. The molecule has 1 N–H and O–H groups in total. The van der Waals surface area contributed by atoms with Gasteiger partial charge in [-0.1, -0.05) is 12.1 Å². The maximum absolute atomic E-state index is 12.5. The van der Waals surface area contributed by atoms with Crippen LogP contribution in [-0.4, -0.2) is 47.8 Å². The van der Waals surface area contributed by atoms with E-state index in [4.69, 9.17) is 21.7 Å². The van der Waals surface area contributed by atoms with Gasteiger partial charge in [0.05, 0.1) is 23.6 Å². The molecule has 0 unspecified atom stereocenters. The minimum Gasteiger partial charge on any atom is -0.466 e. The quantitative estimate of drug-likeness (QED) is 0.237. The Bertz CT molecular complexity index is 765. The van der Waals surface area contributed by atoms with Crippen LogP contribution in [0.1, 0.15) is 31.9 Å². The second kappa shape index (κ2) is 9.43. The summed E-state index contributed by atoms with van der Waals surface area (Å²) in [6.07, 6.45) is 0.739. The van der Waals surface area contributed by atoms with E-state index in [0.717, 1.165) is 6.42 Å². The van der Waals surface area contributed by atoms with Crippen molar-refractivity contribution in [1.29, 1.82) is 0 Å². The normalized spacial score (nSPS) is 16.9. The molecule has 0 radical (unpaired) electrons. The summed E-state index contributed by atoms with van der Waals surface area (Å²) in [5.74, 6) is -0.506. The van der Waals surface area contributed by atoms with Crippen molar-refractivity contribution in [1.82, 2.24) is 10.2 Å².